The Bertz CT molecular complexity index is 500. The summed E-state index contributed by atoms with van der Waals surface area (Å²) in [6, 6.07) is 0.417. The van der Waals surface area contributed by atoms with Crippen LogP contribution in [-0.4, -0.2) is 44.1 Å². The lowest BCUT2D eigenvalue weighted by molar-refractivity contribution is 0.729. The second-order valence-corrected chi connectivity index (χ2v) is 3.94. The van der Waals surface area contributed by atoms with E-state index >= 15 is 0 Å². The van der Waals surface area contributed by atoms with Gasteiger partial charge in [0.05, 0.1) is 0 Å². The molecule has 0 spiro atoms. The summed E-state index contributed by atoms with van der Waals surface area (Å²) in [6.45, 7) is 2.01. The molecule has 0 amide bonds. The van der Waals surface area contributed by atoms with Crippen LogP contribution in [0.3, 0.4) is 0 Å². The van der Waals surface area contributed by atoms with Gasteiger partial charge >= 0.3 is 0 Å². The molecule has 1 atom stereocenters. The molecule has 84 valence electrons. The number of nitrogens with zero attached hydrogens (tertiary/aromatic N) is 5. The fourth-order valence-electron chi connectivity index (χ4n) is 1.93. The standard InChI is InChI=1S/C9H13N7/c1-16-9-7(14-15-16)8(11-5-12-9)13-6-2-3-10-4-6/h5-6,10H,2-4H2,1H3,(H,11,12,13). The maximum Gasteiger partial charge on any atom is 0.183 e. The summed E-state index contributed by atoms with van der Waals surface area (Å²) in [4.78, 5) is 8.37. The van der Waals surface area contributed by atoms with Crippen molar-refractivity contribution in [3.05, 3.63) is 6.33 Å². The molecule has 1 unspecified atom stereocenters. The van der Waals surface area contributed by atoms with Crippen molar-refractivity contribution in [1.82, 2.24) is 30.3 Å². The molecule has 0 aliphatic carbocycles. The van der Waals surface area contributed by atoms with Crippen LogP contribution in [-0.2, 0) is 7.05 Å². The van der Waals surface area contributed by atoms with Gasteiger partial charge in [-0.05, 0) is 13.0 Å². The number of hydrogen-bond donors (Lipinski definition) is 2. The minimum atomic E-state index is 0.417. The second kappa shape index (κ2) is 3.67. The molecule has 7 heteroatoms. The maximum absolute atomic E-state index is 4.22. The van der Waals surface area contributed by atoms with Gasteiger partial charge in [0.15, 0.2) is 17.0 Å². The molecule has 16 heavy (non-hydrogen) atoms. The number of fused-ring (bicyclic) bond motifs is 1. The van der Waals surface area contributed by atoms with Gasteiger partial charge in [-0.2, -0.15) is 0 Å². The van der Waals surface area contributed by atoms with Crippen molar-refractivity contribution >= 4 is 17.0 Å². The van der Waals surface area contributed by atoms with Crippen LogP contribution in [0.4, 0.5) is 5.82 Å². The van der Waals surface area contributed by atoms with Gasteiger partial charge in [-0.25, -0.2) is 14.6 Å². The molecular weight excluding hydrogens is 206 g/mol. The van der Waals surface area contributed by atoms with Gasteiger partial charge in [-0.15, -0.1) is 5.10 Å². The average Bonchev–Trinajstić information content (AvgIpc) is 2.90. The molecule has 3 heterocycles. The van der Waals surface area contributed by atoms with Crippen LogP contribution in [0.1, 0.15) is 6.42 Å². The van der Waals surface area contributed by atoms with E-state index in [2.05, 4.69) is 30.9 Å². The van der Waals surface area contributed by atoms with Crippen molar-refractivity contribution in [2.45, 2.75) is 12.5 Å². The van der Waals surface area contributed by atoms with Crippen molar-refractivity contribution in [2.75, 3.05) is 18.4 Å². The second-order valence-electron chi connectivity index (χ2n) is 3.94. The van der Waals surface area contributed by atoms with Gasteiger partial charge in [-0.1, -0.05) is 5.21 Å². The van der Waals surface area contributed by atoms with Gasteiger partial charge in [-0.3, -0.25) is 0 Å². The quantitative estimate of drug-likeness (QED) is 0.711. The zero-order chi connectivity index (χ0) is 11.0. The highest BCUT2D eigenvalue weighted by Crippen LogP contribution is 2.17. The van der Waals surface area contributed by atoms with Crippen LogP contribution in [0.25, 0.3) is 11.2 Å². The van der Waals surface area contributed by atoms with E-state index < -0.39 is 0 Å². The summed E-state index contributed by atoms with van der Waals surface area (Å²) < 4.78 is 1.65. The monoisotopic (exact) mass is 219 g/mol. The first-order chi connectivity index (χ1) is 7.84. The Morgan fingerprint density at radius 3 is 3.25 bits per heavy atom. The van der Waals surface area contributed by atoms with E-state index in [1.165, 1.54) is 6.33 Å². The summed E-state index contributed by atoms with van der Waals surface area (Å²) in [5.41, 5.74) is 1.49. The third-order valence-electron chi connectivity index (χ3n) is 2.79. The lowest BCUT2D eigenvalue weighted by Crippen LogP contribution is -2.22. The van der Waals surface area contributed by atoms with Crippen LogP contribution in [0.2, 0.25) is 0 Å². The lowest BCUT2D eigenvalue weighted by atomic mass is 10.2. The molecule has 2 N–H and O–H groups in total. The molecule has 0 radical (unpaired) electrons. The molecule has 2 aromatic heterocycles. The van der Waals surface area contributed by atoms with E-state index in [0.717, 1.165) is 36.5 Å². The minimum Gasteiger partial charge on any atom is -0.364 e. The van der Waals surface area contributed by atoms with E-state index in [1.54, 1.807) is 4.68 Å². The van der Waals surface area contributed by atoms with E-state index in [9.17, 15) is 0 Å². The Morgan fingerprint density at radius 1 is 1.50 bits per heavy atom. The van der Waals surface area contributed by atoms with Gasteiger partial charge in [0.2, 0.25) is 0 Å². The molecule has 2 aromatic rings. The van der Waals surface area contributed by atoms with Crippen LogP contribution < -0.4 is 10.6 Å². The average molecular weight is 219 g/mol. The van der Waals surface area contributed by atoms with Crippen molar-refractivity contribution in [1.29, 1.82) is 0 Å². The highest BCUT2D eigenvalue weighted by molar-refractivity contribution is 5.81. The molecule has 1 fully saturated rings. The number of aromatic nitrogens is 5. The summed E-state index contributed by atoms with van der Waals surface area (Å²) in [6.07, 6.45) is 2.64. The number of hydrogen-bond acceptors (Lipinski definition) is 6. The Hall–Kier alpha value is -1.76. The molecule has 3 rings (SSSR count). The van der Waals surface area contributed by atoms with Crippen molar-refractivity contribution < 1.29 is 0 Å². The Morgan fingerprint density at radius 2 is 2.44 bits per heavy atom. The Labute approximate surface area is 92.3 Å². The van der Waals surface area contributed by atoms with Crippen molar-refractivity contribution in [3.63, 3.8) is 0 Å². The molecule has 1 aliphatic heterocycles. The summed E-state index contributed by atoms with van der Waals surface area (Å²) in [5, 5.41) is 14.7. The van der Waals surface area contributed by atoms with Crippen molar-refractivity contribution in [3.8, 4) is 0 Å². The van der Waals surface area contributed by atoms with E-state index in [0.29, 0.717) is 6.04 Å². The first kappa shape index (κ1) is 9.46. The topological polar surface area (TPSA) is 80.5 Å². The molecule has 7 nitrogen and oxygen atoms in total. The number of rotatable bonds is 2. The number of aryl methyl sites for hydroxylation is 1. The molecule has 0 aromatic carbocycles. The lowest BCUT2D eigenvalue weighted by Gasteiger charge is -2.11. The van der Waals surface area contributed by atoms with Crippen LogP contribution >= 0.6 is 0 Å². The summed E-state index contributed by atoms with van der Waals surface area (Å²) in [5.74, 6) is 0.770. The molecule has 1 aliphatic rings. The van der Waals surface area contributed by atoms with Crippen LogP contribution in [0.15, 0.2) is 6.33 Å². The third kappa shape index (κ3) is 1.49. The molecule has 0 bridgehead atoms. The third-order valence-corrected chi connectivity index (χ3v) is 2.79. The predicted molar refractivity (Wildman–Crippen MR) is 59.0 cm³/mol. The Balaban J connectivity index is 1.96. The highest BCUT2D eigenvalue weighted by atomic mass is 15.4. The normalized spacial score (nSPS) is 20.4. The van der Waals surface area contributed by atoms with Gasteiger partial charge in [0.25, 0.3) is 0 Å². The van der Waals surface area contributed by atoms with Gasteiger partial charge < -0.3 is 10.6 Å². The van der Waals surface area contributed by atoms with Gasteiger partial charge in [0, 0.05) is 19.6 Å². The Kier molecular flexibility index (Phi) is 2.17. The first-order valence-electron chi connectivity index (χ1n) is 5.32. The first-order valence-corrected chi connectivity index (χ1v) is 5.32. The largest absolute Gasteiger partial charge is 0.364 e. The zero-order valence-electron chi connectivity index (χ0n) is 9.01. The van der Waals surface area contributed by atoms with Crippen LogP contribution in [0, 0.1) is 0 Å². The fraction of sp³-hybridized carbons (Fsp3) is 0.556. The fourth-order valence-corrected chi connectivity index (χ4v) is 1.93. The summed E-state index contributed by atoms with van der Waals surface area (Å²) in [7, 11) is 1.82. The minimum absolute atomic E-state index is 0.417. The maximum atomic E-state index is 4.22. The summed E-state index contributed by atoms with van der Waals surface area (Å²) >= 11 is 0. The van der Waals surface area contributed by atoms with E-state index in [4.69, 9.17) is 0 Å². The van der Waals surface area contributed by atoms with Gasteiger partial charge in [0.1, 0.15) is 6.33 Å². The molecular formula is C9H13N7. The van der Waals surface area contributed by atoms with Crippen molar-refractivity contribution in [2.24, 2.45) is 7.05 Å². The number of nitrogens with one attached hydrogen (secondary N) is 2. The predicted octanol–water partition coefficient (Wildman–Crippen LogP) is -0.468. The van der Waals surface area contributed by atoms with E-state index in [-0.39, 0.29) is 0 Å². The van der Waals surface area contributed by atoms with E-state index in [1.807, 2.05) is 7.05 Å². The molecule has 0 saturated carbocycles. The zero-order valence-corrected chi connectivity index (χ0v) is 9.01. The SMILES string of the molecule is Cn1nnc2c(NC3CCNC3)ncnc21. The molecule has 1 saturated heterocycles. The smallest absolute Gasteiger partial charge is 0.183 e. The highest BCUT2D eigenvalue weighted by Gasteiger charge is 2.17. The number of anilines is 1. The van der Waals surface area contributed by atoms with Crippen LogP contribution in [0.5, 0.6) is 0 Å².